The summed E-state index contributed by atoms with van der Waals surface area (Å²) in [6.45, 7) is 7.33. The summed E-state index contributed by atoms with van der Waals surface area (Å²) in [6.07, 6.45) is 0. The van der Waals surface area contributed by atoms with Crippen LogP contribution in [0.4, 0.5) is 11.6 Å². The molecule has 1 aromatic rings. The molecule has 0 aromatic carbocycles. The molecule has 96 valence electrons. The van der Waals surface area contributed by atoms with E-state index >= 15 is 0 Å². The molecule has 1 aromatic heterocycles. The molecule has 1 atom stereocenters. The van der Waals surface area contributed by atoms with Crippen LogP contribution in [0, 0.1) is 11.8 Å². The molecule has 4 nitrogen and oxygen atoms in total. The third-order valence-electron chi connectivity index (χ3n) is 2.80. The molecule has 0 aliphatic heterocycles. The summed E-state index contributed by atoms with van der Waals surface area (Å²) >= 11 is 11.9. The van der Waals surface area contributed by atoms with E-state index in [2.05, 4.69) is 36.5 Å². The zero-order valence-corrected chi connectivity index (χ0v) is 11.7. The molecule has 0 amide bonds. The molecular weight excluding hydrogens is 259 g/mol. The van der Waals surface area contributed by atoms with Crippen LogP contribution in [0.1, 0.15) is 20.8 Å². The van der Waals surface area contributed by atoms with Crippen LogP contribution in [-0.2, 0) is 0 Å². The molecule has 17 heavy (non-hydrogen) atoms. The third-order valence-corrected chi connectivity index (χ3v) is 3.37. The van der Waals surface area contributed by atoms with Crippen molar-refractivity contribution in [3.63, 3.8) is 0 Å². The fraction of sp³-hybridized carbons (Fsp3) is 0.545. The van der Waals surface area contributed by atoms with Crippen LogP contribution in [0.3, 0.4) is 0 Å². The highest BCUT2D eigenvalue weighted by Gasteiger charge is 2.11. The zero-order chi connectivity index (χ0) is 13.0. The van der Waals surface area contributed by atoms with Gasteiger partial charge in [0.25, 0.3) is 0 Å². The first kappa shape index (κ1) is 14.4. The number of rotatable bonds is 5. The number of hydrazine groups is 1. The topological polar surface area (TPSA) is 63.0 Å². The molecule has 0 spiro atoms. The number of aromatic nitrogens is 1. The van der Waals surface area contributed by atoms with Crippen molar-refractivity contribution < 1.29 is 0 Å². The maximum atomic E-state index is 6.04. The Labute approximate surface area is 112 Å². The van der Waals surface area contributed by atoms with E-state index in [0.29, 0.717) is 33.5 Å². The van der Waals surface area contributed by atoms with Crippen LogP contribution in [0.25, 0.3) is 0 Å². The van der Waals surface area contributed by atoms with Crippen molar-refractivity contribution in [1.82, 2.24) is 4.98 Å². The van der Waals surface area contributed by atoms with E-state index in [1.807, 2.05) is 0 Å². The Bertz CT molecular complexity index is 382. The van der Waals surface area contributed by atoms with Crippen molar-refractivity contribution in [3.8, 4) is 0 Å². The van der Waals surface area contributed by atoms with Crippen LogP contribution < -0.4 is 16.6 Å². The first-order valence-electron chi connectivity index (χ1n) is 5.52. The number of anilines is 2. The minimum absolute atomic E-state index is 0.403. The van der Waals surface area contributed by atoms with Gasteiger partial charge in [-0.3, -0.25) is 0 Å². The monoisotopic (exact) mass is 276 g/mol. The highest BCUT2D eigenvalue weighted by Crippen LogP contribution is 2.28. The Morgan fingerprint density at radius 1 is 1.24 bits per heavy atom. The lowest BCUT2D eigenvalue weighted by atomic mass is 9.98. The average molecular weight is 277 g/mol. The van der Waals surface area contributed by atoms with E-state index in [-0.39, 0.29) is 0 Å². The predicted octanol–water partition coefficient (Wildman–Crippen LogP) is 3.38. The van der Waals surface area contributed by atoms with Gasteiger partial charge in [0.05, 0.1) is 10.0 Å². The van der Waals surface area contributed by atoms with Gasteiger partial charge in [0.15, 0.2) is 5.82 Å². The normalized spacial score (nSPS) is 12.6. The number of nitrogens with one attached hydrogen (secondary N) is 2. The third kappa shape index (κ3) is 3.91. The average Bonchev–Trinajstić information content (AvgIpc) is 2.27. The molecule has 0 radical (unpaired) electrons. The highest BCUT2D eigenvalue weighted by molar-refractivity contribution is 6.37. The quantitative estimate of drug-likeness (QED) is 0.570. The van der Waals surface area contributed by atoms with E-state index in [0.717, 1.165) is 6.54 Å². The number of halogens is 2. The zero-order valence-electron chi connectivity index (χ0n) is 10.2. The largest absolute Gasteiger partial charge is 0.368 e. The van der Waals surface area contributed by atoms with Crippen LogP contribution >= 0.6 is 23.2 Å². The van der Waals surface area contributed by atoms with Gasteiger partial charge in [-0.25, -0.2) is 10.8 Å². The summed E-state index contributed by atoms with van der Waals surface area (Å²) in [5.74, 6) is 7.44. The van der Waals surface area contributed by atoms with Gasteiger partial charge in [-0.1, -0.05) is 44.0 Å². The summed E-state index contributed by atoms with van der Waals surface area (Å²) in [7, 11) is 0. The van der Waals surface area contributed by atoms with Crippen molar-refractivity contribution in [1.29, 1.82) is 0 Å². The first-order valence-corrected chi connectivity index (χ1v) is 6.27. The van der Waals surface area contributed by atoms with Crippen LogP contribution in [0.15, 0.2) is 6.07 Å². The number of nitrogen functional groups attached to an aromatic ring is 1. The van der Waals surface area contributed by atoms with Crippen molar-refractivity contribution >= 4 is 34.8 Å². The van der Waals surface area contributed by atoms with Gasteiger partial charge in [-0.15, -0.1) is 0 Å². The Hall–Kier alpha value is -0.710. The second-order valence-electron chi connectivity index (χ2n) is 4.40. The first-order chi connectivity index (χ1) is 7.95. The molecule has 1 rings (SSSR count). The van der Waals surface area contributed by atoms with Crippen molar-refractivity contribution in [2.75, 3.05) is 17.3 Å². The second kappa shape index (κ2) is 6.28. The Kier molecular flexibility index (Phi) is 5.31. The summed E-state index contributed by atoms with van der Waals surface area (Å²) in [5, 5.41) is 4.09. The summed E-state index contributed by atoms with van der Waals surface area (Å²) in [4.78, 5) is 4.21. The standard InChI is InChI=1S/C11H18Cl2N4/c1-6(2)7(3)5-15-10-8(12)4-9(13)11(16-10)17-14/h4,6-7H,5,14H2,1-3H3,(H2,15,16,17). The maximum absolute atomic E-state index is 6.04. The molecule has 1 unspecified atom stereocenters. The van der Waals surface area contributed by atoms with E-state index in [1.54, 1.807) is 6.07 Å². The van der Waals surface area contributed by atoms with Gasteiger partial charge < -0.3 is 10.7 Å². The number of pyridine rings is 1. The highest BCUT2D eigenvalue weighted by atomic mass is 35.5. The van der Waals surface area contributed by atoms with Gasteiger partial charge in [0.1, 0.15) is 5.82 Å². The molecular formula is C11H18Cl2N4. The number of hydrogen-bond donors (Lipinski definition) is 3. The molecule has 0 saturated carbocycles. The molecule has 0 fully saturated rings. The van der Waals surface area contributed by atoms with Crippen LogP contribution in [-0.4, -0.2) is 11.5 Å². The molecule has 0 aliphatic carbocycles. The predicted molar refractivity (Wildman–Crippen MR) is 74.6 cm³/mol. The lowest BCUT2D eigenvalue weighted by Gasteiger charge is -2.17. The fourth-order valence-electron chi connectivity index (χ4n) is 1.19. The van der Waals surface area contributed by atoms with E-state index in [9.17, 15) is 0 Å². The number of nitrogens with two attached hydrogens (primary N) is 1. The minimum Gasteiger partial charge on any atom is -0.368 e. The van der Waals surface area contributed by atoms with Crippen LogP contribution in [0.5, 0.6) is 0 Å². The molecule has 4 N–H and O–H groups in total. The molecule has 0 saturated heterocycles. The second-order valence-corrected chi connectivity index (χ2v) is 5.21. The van der Waals surface area contributed by atoms with E-state index < -0.39 is 0 Å². The van der Waals surface area contributed by atoms with Crippen LogP contribution in [0.2, 0.25) is 10.0 Å². The van der Waals surface area contributed by atoms with Gasteiger partial charge in [0.2, 0.25) is 0 Å². The fourth-order valence-corrected chi connectivity index (χ4v) is 1.67. The van der Waals surface area contributed by atoms with Gasteiger partial charge >= 0.3 is 0 Å². The van der Waals surface area contributed by atoms with Crippen molar-refractivity contribution in [2.45, 2.75) is 20.8 Å². The Balaban J connectivity index is 2.77. The molecule has 6 heteroatoms. The Morgan fingerprint density at radius 2 is 1.82 bits per heavy atom. The van der Waals surface area contributed by atoms with Crippen molar-refractivity contribution in [2.24, 2.45) is 17.7 Å². The van der Waals surface area contributed by atoms with Crippen molar-refractivity contribution in [3.05, 3.63) is 16.1 Å². The van der Waals surface area contributed by atoms with Gasteiger partial charge in [-0.2, -0.15) is 0 Å². The number of hydrogen-bond acceptors (Lipinski definition) is 4. The summed E-state index contributed by atoms with van der Waals surface area (Å²) in [6, 6.07) is 1.62. The molecule has 0 bridgehead atoms. The Morgan fingerprint density at radius 3 is 2.35 bits per heavy atom. The minimum atomic E-state index is 0.403. The lowest BCUT2D eigenvalue weighted by molar-refractivity contribution is 0.439. The van der Waals surface area contributed by atoms with Gasteiger partial charge in [0, 0.05) is 6.54 Å². The van der Waals surface area contributed by atoms with Gasteiger partial charge in [-0.05, 0) is 17.9 Å². The van der Waals surface area contributed by atoms with E-state index in [4.69, 9.17) is 29.0 Å². The number of nitrogens with zero attached hydrogens (tertiary/aromatic N) is 1. The molecule has 1 heterocycles. The summed E-state index contributed by atoms with van der Waals surface area (Å²) in [5.41, 5.74) is 2.43. The van der Waals surface area contributed by atoms with E-state index in [1.165, 1.54) is 0 Å². The summed E-state index contributed by atoms with van der Waals surface area (Å²) < 4.78 is 0. The smallest absolute Gasteiger partial charge is 0.161 e. The lowest BCUT2D eigenvalue weighted by Crippen LogP contribution is -2.18. The molecule has 0 aliphatic rings. The SMILES string of the molecule is CC(C)C(C)CNc1nc(NN)c(Cl)cc1Cl. The maximum Gasteiger partial charge on any atom is 0.161 e.